The molecule has 0 atom stereocenters. The first-order valence-electron chi connectivity index (χ1n) is 4.36. The van der Waals surface area contributed by atoms with Crippen LogP contribution in [0.4, 0.5) is 0 Å². The number of hydrogen-bond donors (Lipinski definition) is 2. The summed E-state index contributed by atoms with van der Waals surface area (Å²) in [6.45, 7) is 6.29. The van der Waals surface area contributed by atoms with Crippen molar-refractivity contribution in [2.24, 2.45) is 0 Å². The molecule has 0 radical (unpaired) electrons. The van der Waals surface area contributed by atoms with Crippen LogP contribution in [-0.4, -0.2) is 4.98 Å². The fourth-order valence-electron chi connectivity index (χ4n) is 1.32. The van der Waals surface area contributed by atoms with E-state index in [9.17, 15) is 0 Å². The first-order valence-corrected chi connectivity index (χ1v) is 5.44. The second-order valence-corrected chi connectivity index (χ2v) is 4.20. The van der Waals surface area contributed by atoms with Gasteiger partial charge in [0.25, 0.3) is 0 Å². The van der Waals surface area contributed by atoms with Crippen molar-refractivity contribution in [1.82, 2.24) is 4.98 Å². The van der Waals surface area contributed by atoms with Crippen molar-refractivity contribution >= 4 is 25.3 Å². The van der Waals surface area contributed by atoms with Crippen molar-refractivity contribution in [3.63, 3.8) is 0 Å². The van der Waals surface area contributed by atoms with E-state index in [2.05, 4.69) is 44.1 Å². The molecule has 0 aliphatic rings. The zero-order valence-corrected chi connectivity index (χ0v) is 9.99. The quantitative estimate of drug-likeness (QED) is 0.719. The molecule has 0 aliphatic heterocycles. The standard InChI is InChI=1S/C10H15NS2/c1-6(2)8-4-11-7(3)10(13)9(8)5-12/h4,6,12-13H,5H2,1-3H3. The van der Waals surface area contributed by atoms with Crippen LogP contribution in [-0.2, 0) is 5.75 Å². The minimum absolute atomic E-state index is 0.487. The maximum Gasteiger partial charge on any atom is 0.0509 e. The zero-order valence-electron chi connectivity index (χ0n) is 8.20. The summed E-state index contributed by atoms with van der Waals surface area (Å²) in [4.78, 5) is 5.29. The Kier molecular flexibility index (Phi) is 3.68. The molecule has 1 aromatic heterocycles. The number of rotatable bonds is 2. The molecule has 1 aromatic rings. The Bertz CT molecular complexity index is 308. The first kappa shape index (κ1) is 10.9. The number of aromatic nitrogens is 1. The lowest BCUT2D eigenvalue weighted by atomic mass is 10.00. The molecule has 0 saturated carbocycles. The number of aryl methyl sites for hydroxylation is 1. The first-order chi connectivity index (χ1) is 6.07. The van der Waals surface area contributed by atoms with Gasteiger partial charge < -0.3 is 0 Å². The molecule has 0 spiro atoms. The van der Waals surface area contributed by atoms with Gasteiger partial charge in [-0.05, 0) is 24.0 Å². The van der Waals surface area contributed by atoms with Crippen molar-refractivity contribution < 1.29 is 0 Å². The summed E-state index contributed by atoms with van der Waals surface area (Å²) in [5.74, 6) is 1.22. The van der Waals surface area contributed by atoms with Gasteiger partial charge in [-0.1, -0.05) is 13.8 Å². The number of thiol groups is 2. The highest BCUT2D eigenvalue weighted by atomic mass is 32.1. The molecule has 1 nitrogen and oxygen atoms in total. The monoisotopic (exact) mass is 213 g/mol. The minimum Gasteiger partial charge on any atom is -0.260 e. The normalized spacial score (nSPS) is 10.9. The molecule has 13 heavy (non-hydrogen) atoms. The highest BCUT2D eigenvalue weighted by molar-refractivity contribution is 7.81. The smallest absolute Gasteiger partial charge is 0.0509 e. The minimum atomic E-state index is 0.487. The molecule has 1 rings (SSSR count). The molecule has 1 heterocycles. The van der Waals surface area contributed by atoms with Gasteiger partial charge in [0.05, 0.1) is 5.69 Å². The summed E-state index contributed by atoms with van der Waals surface area (Å²) in [6, 6.07) is 0. The summed E-state index contributed by atoms with van der Waals surface area (Å²) in [5.41, 5.74) is 3.46. The van der Waals surface area contributed by atoms with Crippen LogP contribution in [0.15, 0.2) is 11.1 Å². The summed E-state index contributed by atoms with van der Waals surface area (Å²) in [6.07, 6.45) is 1.94. The molecular weight excluding hydrogens is 198 g/mol. The molecule has 0 N–H and O–H groups in total. The van der Waals surface area contributed by atoms with E-state index >= 15 is 0 Å². The molecule has 0 bridgehead atoms. The van der Waals surface area contributed by atoms with Gasteiger partial charge in [0.15, 0.2) is 0 Å². The van der Waals surface area contributed by atoms with Crippen LogP contribution in [0.25, 0.3) is 0 Å². The van der Waals surface area contributed by atoms with E-state index in [1.807, 2.05) is 13.1 Å². The topological polar surface area (TPSA) is 12.9 Å². The van der Waals surface area contributed by atoms with Gasteiger partial charge in [0, 0.05) is 16.8 Å². The van der Waals surface area contributed by atoms with Gasteiger partial charge in [-0.2, -0.15) is 12.6 Å². The Morgan fingerprint density at radius 1 is 1.46 bits per heavy atom. The van der Waals surface area contributed by atoms with Crippen molar-refractivity contribution in [3.8, 4) is 0 Å². The molecular formula is C10H15NS2. The van der Waals surface area contributed by atoms with Crippen LogP contribution in [0, 0.1) is 6.92 Å². The van der Waals surface area contributed by atoms with E-state index in [0.29, 0.717) is 5.92 Å². The van der Waals surface area contributed by atoms with Crippen molar-refractivity contribution in [3.05, 3.63) is 23.0 Å². The summed E-state index contributed by atoms with van der Waals surface area (Å²) in [5, 5.41) is 0. The zero-order chi connectivity index (χ0) is 10.0. The Labute approximate surface area is 90.8 Å². The van der Waals surface area contributed by atoms with Crippen molar-refractivity contribution in [2.45, 2.75) is 37.3 Å². The molecule has 0 unspecified atom stereocenters. The SMILES string of the molecule is Cc1ncc(C(C)C)c(CS)c1S. The molecule has 0 amide bonds. The van der Waals surface area contributed by atoms with Crippen molar-refractivity contribution in [2.75, 3.05) is 0 Å². The molecule has 0 aromatic carbocycles. The summed E-state index contributed by atoms with van der Waals surface area (Å²) >= 11 is 8.76. The Morgan fingerprint density at radius 3 is 2.54 bits per heavy atom. The Morgan fingerprint density at radius 2 is 2.08 bits per heavy atom. The van der Waals surface area contributed by atoms with Gasteiger partial charge in [0.2, 0.25) is 0 Å². The van der Waals surface area contributed by atoms with E-state index in [1.54, 1.807) is 0 Å². The van der Waals surface area contributed by atoms with E-state index in [4.69, 9.17) is 0 Å². The molecule has 72 valence electrons. The predicted octanol–water partition coefficient (Wildman–Crippen LogP) is 3.23. The van der Waals surface area contributed by atoms with Crippen LogP contribution in [0.1, 0.15) is 36.6 Å². The third-order valence-electron chi connectivity index (χ3n) is 2.15. The fraction of sp³-hybridized carbons (Fsp3) is 0.500. The lowest BCUT2D eigenvalue weighted by Crippen LogP contribution is -1.99. The third-order valence-corrected chi connectivity index (χ3v) is 3.06. The maximum atomic E-state index is 4.44. The van der Waals surface area contributed by atoms with E-state index in [1.165, 1.54) is 11.1 Å². The van der Waals surface area contributed by atoms with Gasteiger partial charge in [-0.25, -0.2) is 0 Å². The largest absolute Gasteiger partial charge is 0.260 e. The maximum absolute atomic E-state index is 4.44. The lowest BCUT2D eigenvalue weighted by molar-refractivity contribution is 0.829. The number of hydrogen-bond acceptors (Lipinski definition) is 3. The average Bonchev–Trinajstić information content (AvgIpc) is 2.09. The molecule has 3 heteroatoms. The predicted molar refractivity (Wildman–Crippen MR) is 63.0 cm³/mol. The van der Waals surface area contributed by atoms with Crippen LogP contribution in [0.2, 0.25) is 0 Å². The molecule has 0 fully saturated rings. The molecule has 0 saturated heterocycles. The van der Waals surface area contributed by atoms with Crippen LogP contribution in [0.5, 0.6) is 0 Å². The highest BCUT2D eigenvalue weighted by Crippen LogP contribution is 2.27. The van der Waals surface area contributed by atoms with Crippen LogP contribution in [0.3, 0.4) is 0 Å². The third kappa shape index (κ3) is 2.20. The Balaban J connectivity index is 3.30. The lowest BCUT2D eigenvalue weighted by Gasteiger charge is -2.13. The van der Waals surface area contributed by atoms with Crippen molar-refractivity contribution in [1.29, 1.82) is 0 Å². The van der Waals surface area contributed by atoms with Gasteiger partial charge >= 0.3 is 0 Å². The highest BCUT2D eigenvalue weighted by Gasteiger charge is 2.10. The van der Waals surface area contributed by atoms with E-state index in [-0.39, 0.29) is 0 Å². The average molecular weight is 213 g/mol. The summed E-state index contributed by atoms with van der Waals surface area (Å²) < 4.78 is 0. The Hall–Kier alpha value is -0.150. The van der Waals surface area contributed by atoms with Gasteiger partial charge in [0.1, 0.15) is 0 Å². The van der Waals surface area contributed by atoms with E-state index in [0.717, 1.165) is 16.3 Å². The molecule has 0 aliphatic carbocycles. The number of pyridine rings is 1. The van der Waals surface area contributed by atoms with Gasteiger partial charge in [-0.3, -0.25) is 4.98 Å². The summed E-state index contributed by atoms with van der Waals surface area (Å²) in [7, 11) is 0. The number of nitrogens with zero attached hydrogens (tertiary/aromatic N) is 1. The second-order valence-electron chi connectivity index (χ2n) is 3.44. The van der Waals surface area contributed by atoms with Crippen LogP contribution < -0.4 is 0 Å². The van der Waals surface area contributed by atoms with Gasteiger partial charge in [-0.15, -0.1) is 12.6 Å². The van der Waals surface area contributed by atoms with E-state index < -0.39 is 0 Å². The second kappa shape index (κ2) is 4.38. The fourth-order valence-corrected chi connectivity index (χ4v) is 2.06. The van der Waals surface area contributed by atoms with Crippen LogP contribution >= 0.6 is 25.3 Å².